The van der Waals surface area contributed by atoms with Gasteiger partial charge in [-0.15, -0.1) is 0 Å². The van der Waals surface area contributed by atoms with Crippen molar-refractivity contribution in [2.24, 2.45) is 0 Å². The SMILES string of the molecule is COc1ccc(C(=O)C(=O)c2ccc(O[C@@H]3O[C@H](CO)[C@@H](O)[C@H](O)[C@H]3O)cc2)cc1. The Kier molecular flexibility index (Phi) is 6.80. The summed E-state index contributed by atoms with van der Waals surface area (Å²) in [6, 6.07) is 11.7. The maximum Gasteiger partial charge on any atom is 0.233 e. The highest BCUT2D eigenvalue weighted by molar-refractivity contribution is 6.49. The minimum atomic E-state index is -1.57. The predicted octanol–water partition coefficient (Wildman–Crippen LogP) is -0.0605. The van der Waals surface area contributed by atoms with Crippen molar-refractivity contribution < 1.29 is 44.2 Å². The van der Waals surface area contributed by atoms with Crippen LogP contribution in [0.4, 0.5) is 0 Å². The highest BCUT2D eigenvalue weighted by Crippen LogP contribution is 2.25. The summed E-state index contributed by atoms with van der Waals surface area (Å²) >= 11 is 0. The molecule has 1 aliphatic heterocycles. The normalized spacial score (nSPS) is 26.1. The van der Waals surface area contributed by atoms with Crippen molar-refractivity contribution >= 4 is 11.6 Å². The van der Waals surface area contributed by atoms with E-state index < -0.39 is 48.9 Å². The van der Waals surface area contributed by atoms with Crippen LogP contribution in [-0.2, 0) is 4.74 Å². The molecule has 0 unspecified atom stereocenters. The Hall–Kier alpha value is -2.82. The molecule has 0 bridgehead atoms. The molecule has 5 atom stereocenters. The van der Waals surface area contributed by atoms with Crippen LogP contribution in [0.25, 0.3) is 0 Å². The average Bonchev–Trinajstić information content (AvgIpc) is 2.79. The van der Waals surface area contributed by atoms with Crippen molar-refractivity contribution in [2.45, 2.75) is 30.7 Å². The molecule has 1 heterocycles. The molecular weight excluding hydrogens is 396 g/mol. The van der Waals surface area contributed by atoms with E-state index in [4.69, 9.17) is 14.2 Å². The Balaban J connectivity index is 1.68. The van der Waals surface area contributed by atoms with Crippen LogP contribution in [0.1, 0.15) is 20.7 Å². The van der Waals surface area contributed by atoms with E-state index in [1.807, 2.05) is 0 Å². The minimum Gasteiger partial charge on any atom is -0.497 e. The van der Waals surface area contributed by atoms with Crippen LogP contribution in [0, 0.1) is 0 Å². The Morgan fingerprint density at radius 3 is 1.80 bits per heavy atom. The lowest BCUT2D eigenvalue weighted by molar-refractivity contribution is -0.277. The number of hydrogen-bond acceptors (Lipinski definition) is 9. The number of ketones is 2. The van der Waals surface area contributed by atoms with Crippen molar-refractivity contribution in [1.82, 2.24) is 0 Å². The number of ether oxygens (including phenoxy) is 3. The molecule has 0 spiro atoms. The summed E-state index contributed by atoms with van der Waals surface area (Å²) in [5.74, 6) is -0.638. The minimum absolute atomic E-state index is 0.136. The fraction of sp³-hybridized carbons (Fsp3) is 0.333. The highest BCUT2D eigenvalue weighted by atomic mass is 16.7. The summed E-state index contributed by atoms with van der Waals surface area (Å²) in [7, 11) is 1.50. The van der Waals surface area contributed by atoms with Gasteiger partial charge < -0.3 is 34.6 Å². The Morgan fingerprint density at radius 2 is 1.33 bits per heavy atom. The lowest BCUT2D eigenvalue weighted by Crippen LogP contribution is -2.60. The number of methoxy groups -OCH3 is 1. The van der Waals surface area contributed by atoms with Crippen molar-refractivity contribution in [1.29, 1.82) is 0 Å². The van der Waals surface area contributed by atoms with Gasteiger partial charge >= 0.3 is 0 Å². The summed E-state index contributed by atoms with van der Waals surface area (Å²) in [6.07, 6.45) is -7.06. The summed E-state index contributed by atoms with van der Waals surface area (Å²) in [5.41, 5.74) is 0.361. The zero-order chi connectivity index (χ0) is 21.8. The molecule has 0 aromatic heterocycles. The predicted molar refractivity (Wildman–Crippen MR) is 102 cm³/mol. The van der Waals surface area contributed by atoms with Crippen molar-refractivity contribution in [3.8, 4) is 11.5 Å². The van der Waals surface area contributed by atoms with Gasteiger partial charge in [-0.2, -0.15) is 0 Å². The largest absolute Gasteiger partial charge is 0.497 e. The van der Waals surface area contributed by atoms with Gasteiger partial charge in [0, 0.05) is 11.1 Å². The van der Waals surface area contributed by atoms with Crippen LogP contribution >= 0.6 is 0 Å². The molecule has 9 heteroatoms. The maximum absolute atomic E-state index is 12.4. The number of aliphatic hydroxyl groups excluding tert-OH is 4. The van der Waals surface area contributed by atoms with E-state index in [9.17, 15) is 30.0 Å². The number of hydrogen-bond donors (Lipinski definition) is 4. The van der Waals surface area contributed by atoms with E-state index in [-0.39, 0.29) is 16.9 Å². The Labute approximate surface area is 172 Å². The topological polar surface area (TPSA) is 143 Å². The number of aliphatic hydroxyl groups is 4. The van der Waals surface area contributed by atoms with Crippen molar-refractivity contribution in [3.05, 3.63) is 59.7 Å². The molecule has 0 saturated carbocycles. The van der Waals surface area contributed by atoms with Crippen LogP contribution in [0.5, 0.6) is 11.5 Å². The van der Waals surface area contributed by atoms with Crippen molar-refractivity contribution in [3.63, 3.8) is 0 Å². The van der Waals surface area contributed by atoms with E-state index in [1.54, 1.807) is 12.1 Å². The van der Waals surface area contributed by atoms with Crippen LogP contribution in [0.3, 0.4) is 0 Å². The van der Waals surface area contributed by atoms with Crippen LogP contribution in [0.2, 0.25) is 0 Å². The van der Waals surface area contributed by atoms with Gasteiger partial charge in [0.05, 0.1) is 13.7 Å². The zero-order valence-corrected chi connectivity index (χ0v) is 16.0. The third-order valence-electron chi connectivity index (χ3n) is 4.78. The lowest BCUT2D eigenvalue weighted by atomic mass is 9.99. The summed E-state index contributed by atoms with van der Waals surface area (Å²) in [6.45, 7) is -0.578. The molecule has 9 nitrogen and oxygen atoms in total. The molecule has 160 valence electrons. The zero-order valence-electron chi connectivity index (χ0n) is 16.0. The third kappa shape index (κ3) is 4.50. The standard InChI is InChI=1S/C21H22O9/c1-28-13-6-2-11(3-7-13)16(23)17(24)12-4-8-14(9-5-12)29-21-20(27)19(26)18(25)15(10-22)30-21/h2-9,15,18-22,25-27H,10H2,1H3/t15-,18-,19+,20-,21-/m1/s1. The molecule has 0 radical (unpaired) electrons. The first-order valence-corrected chi connectivity index (χ1v) is 9.16. The first-order chi connectivity index (χ1) is 14.3. The van der Waals surface area contributed by atoms with Gasteiger partial charge in [0.1, 0.15) is 35.9 Å². The molecule has 3 rings (SSSR count). The second kappa shape index (κ2) is 9.33. The number of carbonyl (C=O) groups is 2. The van der Waals surface area contributed by atoms with E-state index in [0.717, 1.165) is 0 Å². The number of carbonyl (C=O) groups excluding carboxylic acids is 2. The summed E-state index contributed by atoms with van der Waals surface area (Å²) < 4.78 is 15.7. The van der Waals surface area contributed by atoms with Gasteiger partial charge in [-0.25, -0.2) is 0 Å². The molecular formula is C21H22O9. The van der Waals surface area contributed by atoms with E-state index in [2.05, 4.69) is 0 Å². The average molecular weight is 418 g/mol. The quantitative estimate of drug-likeness (QED) is 0.359. The van der Waals surface area contributed by atoms with Gasteiger partial charge in [-0.1, -0.05) is 0 Å². The number of Topliss-reactive ketones (excluding diaryl/α,β-unsaturated/α-hetero) is 2. The second-order valence-electron chi connectivity index (χ2n) is 6.73. The number of rotatable bonds is 7. The number of benzene rings is 2. The highest BCUT2D eigenvalue weighted by Gasteiger charge is 2.44. The molecule has 1 saturated heterocycles. The molecule has 0 aliphatic carbocycles. The molecule has 30 heavy (non-hydrogen) atoms. The maximum atomic E-state index is 12.4. The third-order valence-corrected chi connectivity index (χ3v) is 4.78. The molecule has 2 aromatic carbocycles. The lowest BCUT2D eigenvalue weighted by Gasteiger charge is -2.39. The van der Waals surface area contributed by atoms with E-state index >= 15 is 0 Å². The smallest absolute Gasteiger partial charge is 0.233 e. The van der Waals surface area contributed by atoms with Gasteiger partial charge in [0.25, 0.3) is 0 Å². The monoisotopic (exact) mass is 418 g/mol. The van der Waals surface area contributed by atoms with E-state index in [1.165, 1.54) is 43.5 Å². The van der Waals surface area contributed by atoms with Gasteiger partial charge in [-0.3, -0.25) is 9.59 Å². The molecule has 4 N–H and O–H groups in total. The van der Waals surface area contributed by atoms with Crippen molar-refractivity contribution in [2.75, 3.05) is 13.7 Å². The van der Waals surface area contributed by atoms with Gasteiger partial charge in [-0.05, 0) is 48.5 Å². The van der Waals surface area contributed by atoms with Gasteiger partial charge in [0.2, 0.25) is 17.9 Å². The molecule has 0 amide bonds. The van der Waals surface area contributed by atoms with Crippen LogP contribution < -0.4 is 9.47 Å². The second-order valence-corrected chi connectivity index (χ2v) is 6.73. The Morgan fingerprint density at radius 1 is 0.833 bits per heavy atom. The van der Waals surface area contributed by atoms with Gasteiger partial charge in [0.15, 0.2) is 0 Å². The van der Waals surface area contributed by atoms with Crippen LogP contribution in [0.15, 0.2) is 48.5 Å². The van der Waals surface area contributed by atoms with Crippen LogP contribution in [-0.4, -0.2) is 76.4 Å². The first kappa shape index (κ1) is 21.9. The summed E-state index contributed by atoms with van der Waals surface area (Å²) in [4.78, 5) is 24.8. The van der Waals surface area contributed by atoms with E-state index in [0.29, 0.717) is 5.75 Å². The Bertz CT molecular complexity index is 876. The molecule has 1 fully saturated rings. The molecule has 1 aliphatic rings. The fourth-order valence-electron chi connectivity index (χ4n) is 2.99. The molecule has 2 aromatic rings. The fourth-order valence-corrected chi connectivity index (χ4v) is 2.99. The summed E-state index contributed by atoms with van der Waals surface area (Å²) in [5, 5.41) is 38.8. The first-order valence-electron chi connectivity index (χ1n) is 9.16.